The number of carboxylic acids is 1. The predicted octanol–water partition coefficient (Wildman–Crippen LogP) is 1.26. The van der Waals surface area contributed by atoms with Crippen molar-refractivity contribution < 1.29 is 18.9 Å². The van der Waals surface area contributed by atoms with Crippen LogP contribution in [-0.4, -0.2) is 33.5 Å². The van der Waals surface area contributed by atoms with Gasteiger partial charge < -0.3 is 10.4 Å². The molecular weight excluding hydrogens is 266 g/mol. The molecule has 5 nitrogen and oxygen atoms in total. The van der Waals surface area contributed by atoms with Crippen LogP contribution >= 0.6 is 0 Å². The molecule has 0 saturated heterocycles. The standard InChI is InChI=1S/C13H17NO4S/c1-9(2)7-14-12(15)8-19(18)11-6-4-3-5-10(11)13(16)17/h3-6,9H,7-8H2,1-2H3,(H,14,15)(H,16,17). The lowest BCUT2D eigenvalue weighted by Gasteiger charge is -2.08. The fourth-order valence-electron chi connectivity index (χ4n) is 1.41. The maximum atomic E-state index is 12.0. The van der Waals surface area contributed by atoms with Gasteiger partial charge in [0.25, 0.3) is 0 Å². The molecule has 0 aliphatic heterocycles. The molecule has 0 bridgehead atoms. The van der Waals surface area contributed by atoms with Crippen LogP contribution in [-0.2, 0) is 15.6 Å². The van der Waals surface area contributed by atoms with E-state index in [1.54, 1.807) is 12.1 Å². The molecule has 0 spiro atoms. The van der Waals surface area contributed by atoms with Crippen molar-refractivity contribution in [2.75, 3.05) is 12.3 Å². The van der Waals surface area contributed by atoms with Gasteiger partial charge in [0.05, 0.1) is 21.3 Å². The molecule has 1 amide bonds. The average Bonchev–Trinajstić information content (AvgIpc) is 2.36. The first-order valence-electron chi connectivity index (χ1n) is 5.89. The van der Waals surface area contributed by atoms with Gasteiger partial charge in [-0.15, -0.1) is 0 Å². The summed E-state index contributed by atoms with van der Waals surface area (Å²) in [5.74, 6) is -1.40. The second-order valence-corrected chi connectivity index (χ2v) is 5.91. The fourth-order valence-corrected chi connectivity index (χ4v) is 2.53. The van der Waals surface area contributed by atoms with E-state index in [2.05, 4.69) is 5.32 Å². The minimum atomic E-state index is -1.65. The molecule has 2 N–H and O–H groups in total. The Morgan fingerprint density at radius 1 is 1.32 bits per heavy atom. The third kappa shape index (κ3) is 4.82. The van der Waals surface area contributed by atoms with E-state index in [9.17, 15) is 13.8 Å². The molecule has 0 aliphatic rings. The van der Waals surface area contributed by atoms with Gasteiger partial charge in [-0.3, -0.25) is 9.00 Å². The first-order valence-corrected chi connectivity index (χ1v) is 7.21. The summed E-state index contributed by atoms with van der Waals surface area (Å²) in [6, 6.07) is 6.01. The number of nitrogens with one attached hydrogen (secondary N) is 1. The Kier molecular flexibility index (Phi) is 5.69. The van der Waals surface area contributed by atoms with Gasteiger partial charge in [0.15, 0.2) is 0 Å². The summed E-state index contributed by atoms with van der Waals surface area (Å²) >= 11 is 0. The van der Waals surface area contributed by atoms with E-state index in [4.69, 9.17) is 5.11 Å². The zero-order valence-corrected chi connectivity index (χ0v) is 11.7. The van der Waals surface area contributed by atoms with Crippen LogP contribution in [0.3, 0.4) is 0 Å². The van der Waals surface area contributed by atoms with Gasteiger partial charge in [0.2, 0.25) is 5.91 Å². The first-order chi connectivity index (χ1) is 8.91. The largest absolute Gasteiger partial charge is 0.478 e. The highest BCUT2D eigenvalue weighted by atomic mass is 32.2. The molecule has 6 heteroatoms. The molecule has 0 fully saturated rings. The second-order valence-electron chi connectivity index (χ2n) is 4.49. The third-order valence-corrected chi connectivity index (χ3v) is 3.70. The zero-order chi connectivity index (χ0) is 14.4. The van der Waals surface area contributed by atoms with E-state index in [0.29, 0.717) is 12.5 Å². The number of hydrogen-bond acceptors (Lipinski definition) is 3. The maximum absolute atomic E-state index is 12.0. The zero-order valence-electron chi connectivity index (χ0n) is 10.9. The lowest BCUT2D eigenvalue weighted by atomic mass is 10.2. The third-order valence-electron chi connectivity index (χ3n) is 2.33. The molecule has 0 radical (unpaired) electrons. The Hall–Kier alpha value is -1.69. The lowest BCUT2D eigenvalue weighted by molar-refractivity contribution is -0.118. The molecule has 1 unspecified atom stereocenters. The van der Waals surface area contributed by atoms with E-state index >= 15 is 0 Å². The van der Waals surface area contributed by atoms with Gasteiger partial charge >= 0.3 is 5.97 Å². The molecule has 19 heavy (non-hydrogen) atoms. The Balaban J connectivity index is 2.73. The molecule has 1 rings (SSSR count). The molecule has 0 heterocycles. The van der Waals surface area contributed by atoms with Crippen molar-refractivity contribution in [1.82, 2.24) is 5.32 Å². The van der Waals surface area contributed by atoms with Crippen molar-refractivity contribution in [2.45, 2.75) is 18.7 Å². The summed E-state index contributed by atoms with van der Waals surface area (Å²) in [5.41, 5.74) is -0.0301. The summed E-state index contributed by atoms with van der Waals surface area (Å²) in [6.07, 6.45) is 0. The number of amides is 1. The Morgan fingerprint density at radius 3 is 2.53 bits per heavy atom. The highest BCUT2D eigenvalue weighted by Crippen LogP contribution is 2.13. The van der Waals surface area contributed by atoms with E-state index < -0.39 is 16.8 Å². The summed E-state index contributed by atoms with van der Waals surface area (Å²) < 4.78 is 12.0. The summed E-state index contributed by atoms with van der Waals surface area (Å²) in [7, 11) is -1.65. The molecule has 104 valence electrons. The van der Waals surface area contributed by atoms with Crippen LogP contribution in [0, 0.1) is 5.92 Å². The number of carbonyl (C=O) groups excluding carboxylic acids is 1. The number of hydrogen-bond donors (Lipinski definition) is 2. The van der Waals surface area contributed by atoms with E-state index in [0.717, 1.165) is 0 Å². The highest BCUT2D eigenvalue weighted by molar-refractivity contribution is 7.85. The minimum absolute atomic E-state index is 0.0301. The molecule has 0 aliphatic carbocycles. The SMILES string of the molecule is CC(C)CNC(=O)CS(=O)c1ccccc1C(=O)O. The Bertz CT molecular complexity index is 499. The fraction of sp³-hybridized carbons (Fsp3) is 0.385. The van der Waals surface area contributed by atoms with Crippen LogP contribution in [0.5, 0.6) is 0 Å². The highest BCUT2D eigenvalue weighted by Gasteiger charge is 2.17. The number of carboxylic acid groups (broad SMARTS) is 1. The van der Waals surface area contributed by atoms with Crippen molar-refractivity contribution in [2.24, 2.45) is 5.92 Å². The van der Waals surface area contributed by atoms with Crippen LogP contribution < -0.4 is 5.32 Å². The van der Waals surface area contributed by atoms with Crippen molar-refractivity contribution in [3.8, 4) is 0 Å². The molecular formula is C13H17NO4S. The van der Waals surface area contributed by atoms with Gasteiger partial charge in [-0.2, -0.15) is 0 Å². The number of benzene rings is 1. The number of rotatable bonds is 6. The monoisotopic (exact) mass is 283 g/mol. The predicted molar refractivity (Wildman–Crippen MR) is 72.5 cm³/mol. The summed E-state index contributed by atoms with van der Waals surface area (Å²) in [4.78, 5) is 22.7. The summed E-state index contributed by atoms with van der Waals surface area (Å²) in [6.45, 7) is 4.42. The quantitative estimate of drug-likeness (QED) is 0.823. The van der Waals surface area contributed by atoms with Crippen LogP contribution in [0.2, 0.25) is 0 Å². The van der Waals surface area contributed by atoms with E-state index in [1.807, 2.05) is 13.8 Å². The van der Waals surface area contributed by atoms with Gasteiger partial charge in [-0.05, 0) is 18.1 Å². The molecule has 0 aromatic heterocycles. The van der Waals surface area contributed by atoms with Gasteiger partial charge in [0, 0.05) is 6.54 Å². The number of carbonyl (C=O) groups is 2. The van der Waals surface area contributed by atoms with Gasteiger partial charge in [-0.25, -0.2) is 4.79 Å². The van der Waals surface area contributed by atoms with Gasteiger partial charge in [0.1, 0.15) is 5.75 Å². The van der Waals surface area contributed by atoms with Crippen LogP contribution in [0.4, 0.5) is 0 Å². The first kappa shape index (κ1) is 15.4. The average molecular weight is 283 g/mol. The number of aromatic carboxylic acids is 1. The Labute approximate surface area is 114 Å². The Morgan fingerprint density at radius 2 is 1.95 bits per heavy atom. The van der Waals surface area contributed by atoms with Crippen molar-refractivity contribution >= 4 is 22.7 Å². The van der Waals surface area contributed by atoms with E-state index in [1.165, 1.54) is 12.1 Å². The van der Waals surface area contributed by atoms with Crippen molar-refractivity contribution in [3.63, 3.8) is 0 Å². The summed E-state index contributed by atoms with van der Waals surface area (Å²) in [5, 5.41) is 11.6. The normalized spacial score (nSPS) is 12.2. The van der Waals surface area contributed by atoms with Crippen LogP contribution in [0.1, 0.15) is 24.2 Å². The molecule has 1 atom stereocenters. The second kappa shape index (κ2) is 7.04. The van der Waals surface area contributed by atoms with Gasteiger partial charge in [-0.1, -0.05) is 26.0 Å². The molecule has 0 saturated carbocycles. The maximum Gasteiger partial charge on any atom is 0.336 e. The molecule has 1 aromatic rings. The van der Waals surface area contributed by atoms with Crippen LogP contribution in [0.25, 0.3) is 0 Å². The lowest BCUT2D eigenvalue weighted by Crippen LogP contribution is -2.31. The van der Waals surface area contributed by atoms with E-state index in [-0.39, 0.29) is 22.1 Å². The van der Waals surface area contributed by atoms with Crippen molar-refractivity contribution in [3.05, 3.63) is 29.8 Å². The minimum Gasteiger partial charge on any atom is -0.478 e. The molecule has 1 aromatic carbocycles. The topological polar surface area (TPSA) is 83.5 Å². The smallest absolute Gasteiger partial charge is 0.336 e. The van der Waals surface area contributed by atoms with Crippen LogP contribution in [0.15, 0.2) is 29.2 Å². The van der Waals surface area contributed by atoms with Crippen molar-refractivity contribution in [1.29, 1.82) is 0 Å².